The van der Waals surface area contributed by atoms with Gasteiger partial charge in [-0.3, -0.25) is 25.2 Å². The average molecular weight is 485 g/mol. The van der Waals surface area contributed by atoms with Gasteiger partial charge >= 0.3 is 0 Å². The predicted octanol–water partition coefficient (Wildman–Crippen LogP) is 2.87. The van der Waals surface area contributed by atoms with E-state index in [0.717, 1.165) is 10.2 Å². The van der Waals surface area contributed by atoms with Crippen LogP contribution in [-0.2, 0) is 13.6 Å². The quantitative estimate of drug-likeness (QED) is 0.432. The molecular formula is C22H18Cl2N6O3. The van der Waals surface area contributed by atoms with Crippen molar-refractivity contribution in [3.63, 3.8) is 0 Å². The third kappa shape index (κ3) is 4.33. The zero-order valence-corrected chi connectivity index (χ0v) is 19.1. The number of benzene rings is 2. The molecule has 33 heavy (non-hydrogen) atoms. The molecule has 0 aliphatic rings. The molecule has 4 aromatic rings. The molecule has 11 heteroatoms. The number of halogens is 2. The van der Waals surface area contributed by atoms with Crippen LogP contribution in [0.3, 0.4) is 0 Å². The van der Waals surface area contributed by atoms with Gasteiger partial charge in [-0.2, -0.15) is 10.2 Å². The standard InChI is InChI=1S/C22H18Cl2N6O3/c1-12-17(19(24)30(27-12)11-13-7-3-6-10-16(13)23)20(31)25-26-21(32)18-14-8-4-5-9-15(14)22(33)29(2)28-18/h3-10H,11H2,1-2H3,(H,25,31)(H,26,32). The molecule has 2 N–H and O–H groups in total. The van der Waals surface area contributed by atoms with Crippen molar-refractivity contribution >= 4 is 45.8 Å². The smallest absolute Gasteiger partial charge is 0.267 e. The molecule has 2 amide bonds. The van der Waals surface area contributed by atoms with Crippen molar-refractivity contribution < 1.29 is 9.59 Å². The summed E-state index contributed by atoms with van der Waals surface area (Å²) in [6.45, 7) is 1.90. The minimum Gasteiger partial charge on any atom is -0.267 e. The summed E-state index contributed by atoms with van der Waals surface area (Å²) in [5.41, 5.74) is 5.60. The zero-order chi connectivity index (χ0) is 23.7. The van der Waals surface area contributed by atoms with Crippen molar-refractivity contribution in [3.05, 3.63) is 91.6 Å². The molecule has 0 spiro atoms. The molecule has 0 bridgehead atoms. The van der Waals surface area contributed by atoms with Crippen molar-refractivity contribution in [1.29, 1.82) is 0 Å². The first-order valence-electron chi connectivity index (χ1n) is 9.81. The van der Waals surface area contributed by atoms with E-state index in [1.54, 1.807) is 37.3 Å². The van der Waals surface area contributed by atoms with E-state index < -0.39 is 11.8 Å². The number of hydrogen-bond acceptors (Lipinski definition) is 5. The third-order valence-electron chi connectivity index (χ3n) is 5.03. The van der Waals surface area contributed by atoms with Gasteiger partial charge in [0.05, 0.1) is 17.6 Å². The lowest BCUT2D eigenvalue weighted by Gasteiger charge is -2.10. The summed E-state index contributed by atoms with van der Waals surface area (Å²) in [5, 5.41) is 9.71. The lowest BCUT2D eigenvalue weighted by Crippen LogP contribution is -2.43. The van der Waals surface area contributed by atoms with E-state index in [2.05, 4.69) is 21.0 Å². The highest BCUT2D eigenvalue weighted by molar-refractivity contribution is 6.33. The highest BCUT2D eigenvalue weighted by Gasteiger charge is 2.22. The molecule has 2 aromatic heterocycles. The Morgan fingerprint density at radius 2 is 1.58 bits per heavy atom. The van der Waals surface area contributed by atoms with Crippen LogP contribution in [0.5, 0.6) is 0 Å². The van der Waals surface area contributed by atoms with Crippen molar-refractivity contribution in [2.75, 3.05) is 0 Å². The van der Waals surface area contributed by atoms with Crippen LogP contribution in [0.4, 0.5) is 0 Å². The number of nitrogens with zero attached hydrogens (tertiary/aromatic N) is 4. The molecule has 2 heterocycles. The maximum absolute atomic E-state index is 12.8. The van der Waals surface area contributed by atoms with E-state index in [1.165, 1.54) is 11.7 Å². The zero-order valence-electron chi connectivity index (χ0n) is 17.6. The highest BCUT2D eigenvalue weighted by Crippen LogP contribution is 2.23. The molecular weight excluding hydrogens is 467 g/mol. The van der Waals surface area contributed by atoms with Gasteiger partial charge in [0.1, 0.15) is 10.7 Å². The molecule has 0 saturated carbocycles. The number of amides is 2. The molecule has 0 radical (unpaired) electrons. The van der Waals surface area contributed by atoms with Crippen LogP contribution in [0.2, 0.25) is 10.2 Å². The Morgan fingerprint density at radius 1 is 0.939 bits per heavy atom. The topological polar surface area (TPSA) is 111 Å². The van der Waals surface area contributed by atoms with Gasteiger partial charge in [-0.05, 0) is 24.6 Å². The second-order valence-electron chi connectivity index (χ2n) is 7.23. The SMILES string of the molecule is Cc1nn(Cc2ccccc2Cl)c(Cl)c1C(=O)NNC(=O)c1nn(C)c(=O)c2ccccc12. The number of aromatic nitrogens is 4. The van der Waals surface area contributed by atoms with Crippen LogP contribution < -0.4 is 16.4 Å². The lowest BCUT2D eigenvalue weighted by atomic mass is 10.1. The number of hydrazine groups is 1. The molecule has 9 nitrogen and oxygen atoms in total. The molecule has 0 aliphatic carbocycles. The summed E-state index contributed by atoms with van der Waals surface area (Å²) in [4.78, 5) is 37.8. The molecule has 0 atom stereocenters. The summed E-state index contributed by atoms with van der Waals surface area (Å²) in [6, 6.07) is 13.8. The highest BCUT2D eigenvalue weighted by atomic mass is 35.5. The predicted molar refractivity (Wildman–Crippen MR) is 124 cm³/mol. The molecule has 168 valence electrons. The van der Waals surface area contributed by atoms with E-state index >= 15 is 0 Å². The van der Waals surface area contributed by atoms with Crippen LogP contribution in [0.25, 0.3) is 10.8 Å². The van der Waals surface area contributed by atoms with Gasteiger partial charge in [0, 0.05) is 17.5 Å². The molecule has 0 aliphatic heterocycles. The lowest BCUT2D eigenvalue weighted by molar-refractivity contribution is 0.0843. The molecule has 4 rings (SSSR count). The Balaban J connectivity index is 1.54. The second kappa shape index (κ2) is 9.05. The fourth-order valence-electron chi connectivity index (χ4n) is 3.41. The summed E-state index contributed by atoms with van der Waals surface area (Å²) < 4.78 is 2.52. The van der Waals surface area contributed by atoms with E-state index in [1.807, 2.05) is 18.2 Å². The van der Waals surface area contributed by atoms with Crippen molar-refractivity contribution in [2.24, 2.45) is 7.05 Å². The summed E-state index contributed by atoms with van der Waals surface area (Å²) >= 11 is 12.6. The average Bonchev–Trinajstić information content (AvgIpc) is 3.08. The third-order valence-corrected chi connectivity index (χ3v) is 5.78. The van der Waals surface area contributed by atoms with Gasteiger partial charge in [-0.25, -0.2) is 9.36 Å². The van der Waals surface area contributed by atoms with Gasteiger partial charge < -0.3 is 0 Å². The Bertz CT molecular complexity index is 1460. The molecule has 0 fully saturated rings. The van der Waals surface area contributed by atoms with E-state index in [9.17, 15) is 14.4 Å². The minimum atomic E-state index is -0.688. The Hall–Kier alpha value is -3.69. The first kappa shape index (κ1) is 22.5. The number of nitrogens with one attached hydrogen (secondary N) is 2. The fourth-order valence-corrected chi connectivity index (χ4v) is 3.92. The van der Waals surface area contributed by atoms with Crippen molar-refractivity contribution in [2.45, 2.75) is 13.5 Å². The van der Waals surface area contributed by atoms with Crippen molar-refractivity contribution in [1.82, 2.24) is 30.4 Å². The summed E-state index contributed by atoms with van der Waals surface area (Å²) in [5.74, 6) is -1.34. The first-order chi connectivity index (χ1) is 15.8. The van der Waals surface area contributed by atoms with E-state index in [-0.39, 0.29) is 28.5 Å². The van der Waals surface area contributed by atoms with Gasteiger partial charge in [0.25, 0.3) is 17.4 Å². The number of aryl methyl sites for hydroxylation is 2. The maximum atomic E-state index is 12.8. The van der Waals surface area contributed by atoms with Gasteiger partial charge in [-0.1, -0.05) is 59.6 Å². The Labute approximate surface area is 197 Å². The number of carbonyl (C=O) groups excluding carboxylic acids is 2. The van der Waals surface area contributed by atoms with Crippen LogP contribution in [-0.4, -0.2) is 31.4 Å². The maximum Gasteiger partial charge on any atom is 0.290 e. The Morgan fingerprint density at radius 3 is 2.30 bits per heavy atom. The molecule has 0 unspecified atom stereocenters. The van der Waals surface area contributed by atoms with Gasteiger partial charge in [0.15, 0.2) is 5.69 Å². The van der Waals surface area contributed by atoms with Crippen LogP contribution >= 0.6 is 23.2 Å². The van der Waals surface area contributed by atoms with E-state index in [0.29, 0.717) is 21.5 Å². The first-order valence-corrected chi connectivity index (χ1v) is 10.6. The number of rotatable bonds is 4. The normalized spacial score (nSPS) is 10.9. The van der Waals surface area contributed by atoms with Crippen LogP contribution in [0.1, 0.15) is 32.1 Å². The van der Waals surface area contributed by atoms with Crippen LogP contribution in [0.15, 0.2) is 53.3 Å². The monoisotopic (exact) mass is 484 g/mol. The van der Waals surface area contributed by atoms with Crippen LogP contribution in [0, 0.1) is 6.92 Å². The van der Waals surface area contributed by atoms with Gasteiger partial charge in [-0.15, -0.1) is 0 Å². The summed E-state index contributed by atoms with van der Waals surface area (Å²) in [6.07, 6.45) is 0. The number of fused-ring (bicyclic) bond motifs is 1. The summed E-state index contributed by atoms with van der Waals surface area (Å²) in [7, 11) is 1.45. The molecule has 0 saturated heterocycles. The van der Waals surface area contributed by atoms with Crippen molar-refractivity contribution in [3.8, 4) is 0 Å². The minimum absolute atomic E-state index is 0.00904. The largest absolute Gasteiger partial charge is 0.290 e. The fraction of sp³-hybridized carbons (Fsp3) is 0.136. The van der Waals surface area contributed by atoms with Gasteiger partial charge in [0.2, 0.25) is 0 Å². The second-order valence-corrected chi connectivity index (χ2v) is 8.00. The number of carbonyl (C=O) groups is 2. The molecule has 2 aromatic carbocycles. The Kier molecular flexibility index (Phi) is 6.17. The van der Waals surface area contributed by atoms with E-state index in [4.69, 9.17) is 23.2 Å². The number of hydrogen-bond donors (Lipinski definition) is 2.